The molecule has 0 aliphatic rings. The van der Waals surface area contributed by atoms with Crippen molar-refractivity contribution in [1.29, 1.82) is 0 Å². The molecule has 1 aromatic carbocycles. The van der Waals surface area contributed by atoms with E-state index in [1.807, 2.05) is 18.2 Å². The molecule has 2 rings (SSSR count). The highest BCUT2D eigenvalue weighted by Gasteiger charge is 1.99. The molecule has 0 aliphatic carbocycles. The molecular formula is C7H5BN2S. The zero-order valence-corrected chi connectivity index (χ0v) is 6.62. The highest BCUT2D eigenvalue weighted by molar-refractivity contribution is 7.78. The minimum Gasteiger partial charge on any atom is -0.209 e. The lowest BCUT2D eigenvalue weighted by Gasteiger charge is -1.94. The van der Waals surface area contributed by atoms with Gasteiger partial charge < -0.3 is 0 Å². The van der Waals surface area contributed by atoms with E-state index in [2.05, 4.69) is 17.9 Å². The van der Waals surface area contributed by atoms with Crippen LogP contribution < -0.4 is 5.46 Å². The summed E-state index contributed by atoms with van der Waals surface area (Å²) >= 11 is 4.10. The molecule has 52 valence electrons. The molecule has 1 heterocycles. The van der Waals surface area contributed by atoms with Gasteiger partial charge in [-0.25, -0.2) is 4.09 Å². The van der Waals surface area contributed by atoms with Crippen LogP contribution in [0.3, 0.4) is 0 Å². The van der Waals surface area contributed by atoms with Gasteiger partial charge in [0.1, 0.15) is 7.85 Å². The number of nitrogens with zero attached hydrogens (tertiary/aromatic N) is 2. The first-order valence-corrected chi connectivity index (χ1v) is 3.60. The van der Waals surface area contributed by atoms with Crippen LogP contribution in [0.15, 0.2) is 24.4 Å². The molecule has 0 N–H and O–H groups in total. The molecule has 2 nitrogen and oxygen atoms in total. The second-order valence-electron chi connectivity index (χ2n) is 2.31. The van der Waals surface area contributed by atoms with Gasteiger partial charge in [-0.3, -0.25) is 0 Å². The third-order valence-electron chi connectivity index (χ3n) is 1.63. The fraction of sp³-hybridized carbons (Fsp3) is 0. The van der Waals surface area contributed by atoms with Gasteiger partial charge in [0, 0.05) is 5.39 Å². The fourth-order valence-electron chi connectivity index (χ4n) is 1.06. The van der Waals surface area contributed by atoms with Crippen LogP contribution in [0.1, 0.15) is 0 Å². The van der Waals surface area contributed by atoms with Crippen molar-refractivity contribution in [2.24, 2.45) is 0 Å². The van der Waals surface area contributed by atoms with Gasteiger partial charge in [-0.2, -0.15) is 5.10 Å². The normalized spacial score (nSPS) is 10.6. The Morgan fingerprint density at radius 1 is 1.45 bits per heavy atom. The lowest BCUT2D eigenvalue weighted by atomic mass is 9.93. The number of benzene rings is 1. The first-order chi connectivity index (χ1) is 5.29. The van der Waals surface area contributed by atoms with Gasteiger partial charge in [0.05, 0.1) is 11.7 Å². The van der Waals surface area contributed by atoms with Crippen molar-refractivity contribution in [3.05, 3.63) is 24.4 Å². The van der Waals surface area contributed by atoms with Crippen molar-refractivity contribution in [1.82, 2.24) is 9.19 Å². The molecule has 0 atom stereocenters. The topological polar surface area (TPSA) is 17.8 Å². The van der Waals surface area contributed by atoms with E-state index in [0.29, 0.717) is 0 Å². The predicted octanol–water partition coefficient (Wildman–Crippen LogP) is 0.523. The Hall–Kier alpha value is -0.895. The molecule has 2 radical (unpaired) electrons. The molecule has 2 aromatic rings. The van der Waals surface area contributed by atoms with E-state index < -0.39 is 0 Å². The van der Waals surface area contributed by atoms with Crippen LogP contribution in [0.2, 0.25) is 0 Å². The summed E-state index contributed by atoms with van der Waals surface area (Å²) in [6, 6.07) is 5.65. The first kappa shape index (κ1) is 6.79. The maximum atomic E-state index is 5.68. The van der Waals surface area contributed by atoms with Crippen LogP contribution in [0.5, 0.6) is 0 Å². The largest absolute Gasteiger partial charge is 0.209 e. The summed E-state index contributed by atoms with van der Waals surface area (Å²) in [7, 11) is 5.68. The predicted molar refractivity (Wildman–Crippen MR) is 49.5 cm³/mol. The van der Waals surface area contributed by atoms with E-state index in [1.165, 1.54) is 4.09 Å². The Labute approximate surface area is 71.2 Å². The molecule has 0 fully saturated rings. The maximum absolute atomic E-state index is 5.68. The van der Waals surface area contributed by atoms with Gasteiger partial charge in [-0.15, -0.1) is 0 Å². The molecule has 0 aliphatic heterocycles. The fourth-order valence-corrected chi connectivity index (χ4v) is 1.29. The van der Waals surface area contributed by atoms with Gasteiger partial charge >= 0.3 is 0 Å². The number of fused-ring (bicyclic) bond motifs is 1. The number of hydrogen-bond donors (Lipinski definition) is 1. The Balaban J connectivity index is 2.94. The van der Waals surface area contributed by atoms with E-state index in [0.717, 1.165) is 16.4 Å². The summed E-state index contributed by atoms with van der Waals surface area (Å²) in [6.45, 7) is 0. The molecule has 0 amide bonds. The second kappa shape index (κ2) is 2.31. The van der Waals surface area contributed by atoms with Crippen LogP contribution in [-0.2, 0) is 0 Å². The van der Waals surface area contributed by atoms with Crippen molar-refractivity contribution < 1.29 is 0 Å². The highest BCUT2D eigenvalue weighted by atomic mass is 32.1. The van der Waals surface area contributed by atoms with Crippen LogP contribution in [0.25, 0.3) is 10.9 Å². The van der Waals surface area contributed by atoms with Crippen molar-refractivity contribution >= 4 is 37.0 Å². The molecule has 0 spiro atoms. The van der Waals surface area contributed by atoms with Crippen molar-refractivity contribution in [3.63, 3.8) is 0 Å². The summed E-state index contributed by atoms with van der Waals surface area (Å²) < 4.78 is 1.51. The smallest absolute Gasteiger partial charge is 0.114 e. The number of thiol groups is 1. The highest BCUT2D eigenvalue weighted by Crippen LogP contribution is 2.10. The van der Waals surface area contributed by atoms with Gasteiger partial charge in [-0.1, -0.05) is 17.6 Å². The third kappa shape index (κ3) is 0.941. The van der Waals surface area contributed by atoms with E-state index in [9.17, 15) is 0 Å². The Bertz CT molecular complexity index is 396. The monoisotopic (exact) mass is 160 g/mol. The van der Waals surface area contributed by atoms with Crippen molar-refractivity contribution in [2.45, 2.75) is 0 Å². The molecule has 0 unspecified atom stereocenters. The maximum Gasteiger partial charge on any atom is 0.114 e. The quantitative estimate of drug-likeness (QED) is 0.439. The summed E-state index contributed by atoms with van der Waals surface area (Å²) in [5.74, 6) is 0. The second-order valence-corrected chi connectivity index (χ2v) is 2.69. The summed E-state index contributed by atoms with van der Waals surface area (Å²) in [5, 5.41) is 4.90. The number of rotatable bonds is 0. The summed E-state index contributed by atoms with van der Waals surface area (Å²) in [6.07, 6.45) is 1.71. The Kier molecular flexibility index (Phi) is 1.42. The molecule has 0 bridgehead atoms. The summed E-state index contributed by atoms with van der Waals surface area (Å²) in [4.78, 5) is 0. The first-order valence-electron chi connectivity index (χ1n) is 3.20. The Morgan fingerprint density at radius 2 is 2.27 bits per heavy atom. The minimum atomic E-state index is 0.739. The molecule has 1 aromatic heterocycles. The van der Waals surface area contributed by atoms with Crippen molar-refractivity contribution in [3.8, 4) is 0 Å². The van der Waals surface area contributed by atoms with Gasteiger partial charge in [0.25, 0.3) is 0 Å². The van der Waals surface area contributed by atoms with Crippen LogP contribution >= 0.6 is 12.8 Å². The zero-order valence-electron chi connectivity index (χ0n) is 5.73. The van der Waals surface area contributed by atoms with Gasteiger partial charge in [0.15, 0.2) is 0 Å². The van der Waals surface area contributed by atoms with E-state index in [1.54, 1.807) is 6.20 Å². The standard InChI is InChI=1S/C7H5BN2S/c8-6-2-1-3-7-5(6)4-9-10(7)11/h1-4,11H. The lowest BCUT2D eigenvalue weighted by molar-refractivity contribution is 1.05. The number of hydrogen-bond acceptors (Lipinski definition) is 2. The molecule has 0 saturated heterocycles. The molecule has 4 heteroatoms. The van der Waals surface area contributed by atoms with E-state index >= 15 is 0 Å². The molecular weight excluding hydrogens is 155 g/mol. The molecule has 0 saturated carbocycles. The van der Waals surface area contributed by atoms with E-state index in [-0.39, 0.29) is 0 Å². The lowest BCUT2D eigenvalue weighted by Crippen LogP contribution is -2.01. The number of aromatic nitrogens is 2. The van der Waals surface area contributed by atoms with Crippen molar-refractivity contribution in [2.75, 3.05) is 0 Å². The summed E-state index contributed by atoms with van der Waals surface area (Å²) in [5.41, 5.74) is 1.68. The third-order valence-corrected chi connectivity index (χ3v) is 1.95. The SMILES string of the molecule is [B]c1cccc2c1cnn2S. The average Bonchev–Trinajstić information content (AvgIpc) is 2.35. The minimum absolute atomic E-state index is 0.739. The van der Waals surface area contributed by atoms with Gasteiger partial charge in [-0.05, 0) is 18.9 Å². The van der Waals surface area contributed by atoms with Crippen LogP contribution in [0, 0.1) is 0 Å². The average molecular weight is 160 g/mol. The van der Waals surface area contributed by atoms with Crippen LogP contribution in [-0.4, -0.2) is 17.0 Å². The Morgan fingerprint density at radius 3 is 3.00 bits per heavy atom. The van der Waals surface area contributed by atoms with E-state index in [4.69, 9.17) is 7.85 Å². The molecule has 11 heavy (non-hydrogen) atoms. The zero-order chi connectivity index (χ0) is 7.84. The van der Waals surface area contributed by atoms with Gasteiger partial charge in [0.2, 0.25) is 0 Å². The van der Waals surface area contributed by atoms with Crippen LogP contribution in [0.4, 0.5) is 0 Å².